The van der Waals surface area contributed by atoms with Crippen LogP contribution in [0.15, 0.2) is 48.7 Å². The van der Waals surface area contributed by atoms with E-state index >= 15 is 0 Å². The molecule has 4 nitrogen and oxygen atoms in total. The van der Waals surface area contributed by atoms with E-state index in [9.17, 15) is 9.18 Å². The van der Waals surface area contributed by atoms with Crippen LogP contribution in [0, 0.1) is 5.82 Å². The standard InChI is InChI=1S/C22H23FN2O2/c23-16-6-4-15(5-7-16)22(10-11-22)21(26)25-17-8-9-18(25)14-19(13-17)27-20-3-1-2-12-24-20/h1-7,12,17-19H,8-11,13-14H2. The SMILES string of the molecule is O=C(N1C2CCC1CC(Oc1ccccn1)C2)C1(c2ccc(F)cc2)CC1. The number of amides is 1. The van der Waals surface area contributed by atoms with Crippen LogP contribution in [0.4, 0.5) is 4.39 Å². The average Bonchev–Trinajstić information content (AvgIpc) is 3.44. The van der Waals surface area contributed by atoms with Crippen LogP contribution in [-0.2, 0) is 10.2 Å². The molecule has 5 rings (SSSR count). The fraction of sp³-hybridized carbons (Fsp3) is 0.455. The van der Waals surface area contributed by atoms with Crippen LogP contribution < -0.4 is 4.74 Å². The minimum atomic E-state index is -0.427. The number of benzene rings is 1. The molecule has 3 heterocycles. The molecule has 1 amide bonds. The van der Waals surface area contributed by atoms with Crippen molar-refractivity contribution in [2.24, 2.45) is 0 Å². The summed E-state index contributed by atoms with van der Waals surface area (Å²) in [4.78, 5) is 19.9. The second-order valence-electron chi connectivity index (χ2n) is 8.07. The van der Waals surface area contributed by atoms with Crippen LogP contribution in [-0.4, -0.2) is 34.0 Å². The lowest BCUT2D eigenvalue weighted by atomic mass is 9.91. The first kappa shape index (κ1) is 16.7. The number of carbonyl (C=O) groups excluding carboxylic acids is 1. The van der Waals surface area contributed by atoms with Gasteiger partial charge in [0.05, 0.1) is 5.41 Å². The Labute approximate surface area is 158 Å². The van der Waals surface area contributed by atoms with Crippen LogP contribution in [0.2, 0.25) is 0 Å². The molecule has 3 aliphatic rings. The predicted octanol–water partition coefficient (Wildman–Crippen LogP) is 3.85. The second-order valence-corrected chi connectivity index (χ2v) is 8.07. The summed E-state index contributed by atoms with van der Waals surface area (Å²) in [6, 6.07) is 12.6. The highest BCUT2D eigenvalue weighted by atomic mass is 19.1. The van der Waals surface area contributed by atoms with Crippen LogP contribution in [0.5, 0.6) is 5.88 Å². The lowest BCUT2D eigenvalue weighted by molar-refractivity contribution is -0.140. The van der Waals surface area contributed by atoms with Crippen molar-refractivity contribution in [1.29, 1.82) is 0 Å². The number of ether oxygens (including phenoxy) is 1. The summed E-state index contributed by atoms with van der Waals surface area (Å²) in [5.74, 6) is 0.638. The number of aromatic nitrogens is 1. The quantitative estimate of drug-likeness (QED) is 0.825. The van der Waals surface area contributed by atoms with Crippen molar-refractivity contribution >= 4 is 5.91 Å². The summed E-state index contributed by atoms with van der Waals surface area (Å²) in [7, 11) is 0. The highest BCUT2D eigenvalue weighted by Gasteiger charge is 2.57. The maximum absolute atomic E-state index is 13.5. The van der Waals surface area contributed by atoms with E-state index in [1.807, 2.05) is 18.2 Å². The molecule has 2 aliphatic heterocycles. The number of piperidine rings is 1. The van der Waals surface area contributed by atoms with E-state index in [4.69, 9.17) is 4.74 Å². The van der Waals surface area contributed by atoms with E-state index in [2.05, 4.69) is 9.88 Å². The number of hydrogen-bond donors (Lipinski definition) is 0. The number of halogens is 1. The van der Waals surface area contributed by atoms with Gasteiger partial charge >= 0.3 is 0 Å². The smallest absolute Gasteiger partial charge is 0.233 e. The molecule has 1 aromatic heterocycles. The number of hydrogen-bond acceptors (Lipinski definition) is 3. The third-order valence-electron chi connectivity index (χ3n) is 6.41. The van der Waals surface area contributed by atoms with E-state index < -0.39 is 5.41 Å². The highest BCUT2D eigenvalue weighted by molar-refractivity contribution is 5.92. The highest BCUT2D eigenvalue weighted by Crippen LogP contribution is 2.52. The molecule has 2 unspecified atom stereocenters. The van der Waals surface area contributed by atoms with Gasteiger partial charge in [-0.05, 0) is 49.4 Å². The van der Waals surface area contributed by atoms with Gasteiger partial charge < -0.3 is 9.64 Å². The molecule has 2 atom stereocenters. The molecule has 0 N–H and O–H groups in total. The van der Waals surface area contributed by atoms with Crippen molar-refractivity contribution in [2.75, 3.05) is 0 Å². The van der Waals surface area contributed by atoms with Gasteiger partial charge in [0.1, 0.15) is 11.9 Å². The molecule has 0 spiro atoms. The van der Waals surface area contributed by atoms with Crippen LogP contribution in [0.3, 0.4) is 0 Å². The van der Waals surface area contributed by atoms with Gasteiger partial charge in [-0.15, -0.1) is 0 Å². The Morgan fingerprint density at radius 2 is 1.78 bits per heavy atom. The van der Waals surface area contributed by atoms with Crippen molar-refractivity contribution < 1.29 is 13.9 Å². The Hall–Kier alpha value is -2.43. The Kier molecular flexibility index (Phi) is 3.92. The molecule has 0 radical (unpaired) electrons. The zero-order chi connectivity index (χ0) is 18.4. The Balaban J connectivity index is 1.32. The average molecular weight is 366 g/mol. The van der Waals surface area contributed by atoms with Crippen LogP contribution in [0.25, 0.3) is 0 Å². The summed E-state index contributed by atoms with van der Waals surface area (Å²) >= 11 is 0. The van der Waals surface area contributed by atoms with E-state index in [0.29, 0.717) is 5.88 Å². The normalized spacial score (nSPS) is 28.0. The Bertz CT molecular complexity index is 821. The third-order valence-corrected chi connectivity index (χ3v) is 6.41. The van der Waals surface area contributed by atoms with Gasteiger partial charge in [0.15, 0.2) is 0 Å². The van der Waals surface area contributed by atoms with Gasteiger partial charge in [-0.3, -0.25) is 4.79 Å². The topological polar surface area (TPSA) is 42.4 Å². The van der Waals surface area contributed by atoms with Crippen LogP contribution >= 0.6 is 0 Å². The summed E-state index contributed by atoms with van der Waals surface area (Å²) in [5.41, 5.74) is 0.531. The fourth-order valence-electron chi connectivity index (χ4n) is 4.91. The zero-order valence-electron chi connectivity index (χ0n) is 15.2. The summed E-state index contributed by atoms with van der Waals surface area (Å²) < 4.78 is 19.4. The predicted molar refractivity (Wildman–Crippen MR) is 98.9 cm³/mol. The first-order valence-electron chi connectivity index (χ1n) is 9.82. The maximum atomic E-state index is 13.5. The summed E-state index contributed by atoms with van der Waals surface area (Å²) in [6.45, 7) is 0. The Morgan fingerprint density at radius 3 is 2.37 bits per heavy atom. The van der Waals surface area contributed by atoms with Crippen molar-refractivity contribution in [3.05, 3.63) is 60.0 Å². The zero-order valence-corrected chi connectivity index (χ0v) is 15.2. The van der Waals surface area contributed by atoms with Crippen molar-refractivity contribution in [1.82, 2.24) is 9.88 Å². The van der Waals surface area contributed by atoms with Gasteiger partial charge in [0.2, 0.25) is 11.8 Å². The summed E-state index contributed by atoms with van der Waals surface area (Å²) in [5, 5.41) is 0. The number of nitrogens with zero attached hydrogens (tertiary/aromatic N) is 2. The first-order chi connectivity index (χ1) is 13.2. The molecule has 27 heavy (non-hydrogen) atoms. The largest absolute Gasteiger partial charge is 0.474 e. The molecule has 5 heteroatoms. The van der Waals surface area contributed by atoms with E-state index in [0.717, 1.165) is 44.1 Å². The minimum Gasteiger partial charge on any atom is -0.474 e. The number of carbonyl (C=O) groups is 1. The summed E-state index contributed by atoms with van der Waals surface area (Å²) in [6.07, 6.45) is 7.37. The molecule has 1 aliphatic carbocycles. The molecular weight excluding hydrogens is 343 g/mol. The minimum absolute atomic E-state index is 0.113. The van der Waals surface area contributed by atoms with Crippen molar-refractivity contribution in [3.8, 4) is 5.88 Å². The van der Waals surface area contributed by atoms with E-state index in [1.54, 1.807) is 18.3 Å². The Morgan fingerprint density at radius 1 is 1.07 bits per heavy atom. The van der Waals surface area contributed by atoms with Crippen LogP contribution in [0.1, 0.15) is 44.1 Å². The van der Waals surface area contributed by atoms with E-state index in [1.165, 1.54) is 12.1 Å². The van der Waals surface area contributed by atoms with Gasteiger partial charge in [0.25, 0.3) is 0 Å². The lowest BCUT2D eigenvalue weighted by Crippen LogP contribution is -2.52. The van der Waals surface area contributed by atoms with Gasteiger partial charge in [-0.25, -0.2) is 9.37 Å². The lowest BCUT2D eigenvalue weighted by Gasteiger charge is -2.40. The number of rotatable bonds is 4. The second kappa shape index (κ2) is 6.32. The molecule has 140 valence electrons. The fourth-order valence-corrected chi connectivity index (χ4v) is 4.91. The van der Waals surface area contributed by atoms with Crippen molar-refractivity contribution in [3.63, 3.8) is 0 Å². The first-order valence-corrected chi connectivity index (χ1v) is 9.82. The molecule has 2 bridgehead atoms. The molecule has 2 saturated heterocycles. The number of pyridine rings is 1. The monoisotopic (exact) mass is 366 g/mol. The van der Waals surface area contributed by atoms with Crippen molar-refractivity contribution in [2.45, 2.75) is 62.1 Å². The molecule has 1 saturated carbocycles. The molecule has 2 aromatic rings. The third kappa shape index (κ3) is 2.89. The maximum Gasteiger partial charge on any atom is 0.233 e. The van der Waals surface area contributed by atoms with Gasteiger partial charge in [0, 0.05) is 37.2 Å². The molecular formula is C22H23FN2O2. The van der Waals surface area contributed by atoms with E-state index in [-0.39, 0.29) is 29.9 Å². The van der Waals surface area contributed by atoms with Gasteiger partial charge in [-0.1, -0.05) is 18.2 Å². The number of fused-ring (bicyclic) bond motifs is 2. The van der Waals surface area contributed by atoms with Gasteiger partial charge in [-0.2, -0.15) is 0 Å². The molecule has 1 aromatic carbocycles. The molecule has 3 fully saturated rings.